The van der Waals surface area contributed by atoms with Gasteiger partial charge in [0, 0.05) is 5.02 Å². The summed E-state index contributed by atoms with van der Waals surface area (Å²) in [6, 6.07) is 2.92. The largest absolute Gasteiger partial charge is 0.456 e. The van der Waals surface area contributed by atoms with E-state index >= 15 is 0 Å². The zero-order chi connectivity index (χ0) is 12.5. The number of rotatable bonds is 1. The number of esters is 1. The van der Waals surface area contributed by atoms with Gasteiger partial charge in [-0.15, -0.1) is 0 Å². The van der Waals surface area contributed by atoms with E-state index in [1.165, 1.54) is 12.1 Å². The van der Waals surface area contributed by atoms with Gasteiger partial charge in [0.2, 0.25) is 0 Å². The number of nitrogen functional groups attached to an aromatic ring is 1. The van der Waals surface area contributed by atoms with Crippen molar-refractivity contribution < 1.29 is 9.53 Å². The molecule has 5 heteroatoms. The molecular weight excluding hydrogens is 249 g/mol. The molecule has 2 N–H and O–H groups in total. The first kappa shape index (κ1) is 13.1. The Labute approximate surface area is 104 Å². The van der Waals surface area contributed by atoms with Crippen molar-refractivity contribution in [2.75, 3.05) is 5.73 Å². The van der Waals surface area contributed by atoms with Crippen LogP contribution in [0.25, 0.3) is 0 Å². The number of carbonyl (C=O) groups excluding carboxylic acids is 1. The Morgan fingerprint density at radius 2 is 1.88 bits per heavy atom. The molecule has 0 fully saturated rings. The van der Waals surface area contributed by atoms with Crippen LogP contribution in [0, 0.1) is 0 Å². The summed E-state index contributed by atoms with van der Waals surface area (Å²) in [7, 11) is 0. The molecule has 0 aliphatic rings. The van der Waals surface area contributed by atoms with Gasteiger partial charge in [-0.25, -0.2) is 4.79 Å². The molecule has 0 heterocycles. The molecule has 1 aromatic carbocycles. The van der Waals surface area contributed by atoms with Crippen LogP contribution in [0.3, 0.4) is 0 Å². The first-order valence-electron chi connectivity index (χ1n) is 4.68. The van der Waals surface area contributed by atoms with Gasteiger partial charge in [-0.3, -0.25) is 0 Å². The number of nitrogens with two attached hydrogens (primary N) is 1. The molecule has 16 heavy (non-hydrogen) atoms. The van der Waals surface area contributed by atoms with Crippen LogP contribution in [0.2, 0.25) is 10.0 Å². The van der Waals surface area contributed by atoms with E-state index in [-0.39, 0.29) is 16.3 Å². The molecule has 0 aliphatic heterocycles. The number of anilines is 1. The predicted molar refractivity (Wildman–Crippen MR) is 66.0 cm³/mol. The maximum absolute atomic E-state index is 11.8. The number of benzene rings is 1. The molecule has 88 valence electrons. The molecule has 0 bridgehead atoms. The van der Waals surface area contributed by atoms with Gasteiger partial charge >= 0.3 is 5.97 Å². The van der Waals surface area contributed by atoms with Gasteiger partial charge in [-0.1, -0.05) is 23.2 Å². The van der Waals surface area contributed by atoms with E-state index in [1.807, 2.05) is 0 Å². The highest BCUT2D eigenvalue weighted by Crippen LogP contribution is 2.28. The van der Waals surface area contributed by atoms with E-state index in [9.17, 15) is 4.79 Å². The topological polar surface area (TPSA) is 52.3 Å². The fourth-order valence-electron chi connectivity index (χ4n) is 1.09. The number of ether oxygens (including phenoxy) is 1. The van der Waals surface area contributed by atoms with Crippen molar-refractivity contribution >= 4 is 34.9 Å². The maximum atomic E-state index is 11.8. The number of halogens is 2. The standard InChI is InChI=1S/C11H13Cl2NO2/c1-11(2,3)16-10(15)7-4-6(12)5-8(13)9(7)14/h4-5H,14H2,1-3H3. The lowest BCUT2D eigenvalue weighted by atomic mass is 10.1. The van der Waals surface area contributed by atoms with Gasteiger partial charge in [-0.2, -0.15) is 0 Å². The van der Waals surface area contributed by atoms with Crippen molar-refractivity contribution in [2.45, 2.75) is 26.4 Å². The van der Waals surface area contributed by atoms with Crippen LogP contribution in [0.1, 0.15) is 31.1 Å². The summed E-state index contributed by atoms with van der Waals surface area (Å²) < 4.78 is 5.18. The van der Waals surface area contributed by atoms with E-state index in [1.54, 1.807) is 20.8 Å². The average molecular weight is 262 g/mol. The molecule has 0 amide bonds. The van der Waals surface area contributed by atoms with Crippen LogP contribution in [0.15, 0.2) is 12.1 Å². The summed E-state index contributed by atoms with van der Waals surface area (Å²) in [5, 5.41) is 0.591. The molecule has 3 nitrogen and oxygen atoms in total. The molecule has 0 atom stereocenters. The second-order valence-corrected chi connectivity index (χ2v) is 5.19. The minimum atomic E-state index is -0.585. The second kappa shape index (κ2) is 4.52. The minimum Gasteiger partial charge on any atom is -0.456 e. The Morgan fingerprint density at radius 1 is 1.31 bits per heavy atom. The lowest BCUT2D eigenvalue weighted by Gasteiger charge is -2.20. The van der Waals surface area contributed by atoms with E-state index in [4.69, 9.17) is 33.7 Å². The zero-order valence-electron chi connectivity index (χ0n) is 9.30. The zero-order valence-corrected chi connectivity index (χ0v) is 10.8. The molecule has 0 radical (unpaired) electrons. The lowest BCUT2D eigenvalue weighted by molar-refractivity contribution is 0.00708. The van der Waals surface area contributed by atoms with Crippen LogP contribution < -0.4 is 5.73 Å². The van der Waals surface area contributed by atoms with Crippen LogP contribution in [-0.4, -0.2) is 11.6 Å². The fourth-order valence-corrected chi connectivity index (χ4v) is 1.58. The Morgan fingerprint density at radius 3 is 2.38 bits per heavy atom. The van der Waals surface area contributed by atoms with E-state index < -0.39 is 11.6 Å². The van der Waals surface area contributed by atoms with Crippen molar-refractivity contribution in [3.63, 3.8) is 0 Å². The smallest absolute Gasteiger partial charge is 0.340 e. The normalized spacial score (nSPS) is 11.3. The Bertz CT molecular complexity index is 425. The molecule has 1 rings (SSSR count). The first-order chi connectivity index (χ1) is 7.20. The SMILES string of the molecule is CC(C)(C)OC(=O)c1cc(Cl)cc(Cl)c1N. The summed E-state index contributed by atoms with van der Waals surface area (Å²) in [4.78, 5) is 11.8. The Hall–Kier alpha value is -0.930. The molecule has 0 aliphatic carbocycles. The van der Waals surface area contributed by atoms with Crippen molar-refractivity contribution in [2.24, 2.45) is 0 Å². The van der Waals surface area contributed by atoms with Gasteiger partial charge in [0.25, 0.3) is 0 Å². The highest BCUT2D eigenvalue weighted by atomic mass is 35.5. The predicted octanol–water partition coefficient (Wildman–Crippen LogP) is 3.53. The van der Waals surface area contributed by atoms with Gasteiger partial charge in [0.1, 0.15) is 5.60 Å². The lowest BCUT2D eigenvalue weighted by Crippen LogP contribution is -2.24. The Balaban J connectivity index is 3.09. The number of hydrogen-bond acceptors (Lipinski definition) is 3. The quantitative estimate of drug-likeness (QED) is 0.622. The summed E-state index contributed by atoms with van der Waals surface area (Å²) in [5.41, 5.74) is 5.46. The van der Waals surface area contributed by atoms with Crippen molar-refractivity contribution in [3.05, 3.63) is 27.7 Å². The maximum Gasteiger partial charge on any atom is 0.340 e. The van der Waals surface area contributed by atoms with Gasteiger partial charge < -0.3 is 10.5 Å². The highest BCUT2D eigenvalue weighted by Gasteiger charge is 2.21. The second-order valence-electron chi connectivity index (χ2n) is 4.35. The van der Waals surface area contributed by atoms with E-state index in [2.05, 4.69) is 0 Å². The fraction of sp³-hybridized carbons (Fsp3) is 0.364. The van der Waals surface area contributed by atoms with Crippen LogP contribution >= 0.6 is 23.2 Å². The highest BCUT2D eigenvalue weighted by molar-refractivity contribution is 6.37. The molecule has 0 unspecified atom stereocenters. The van der Waals surface area contributed by atoms with Gasteiger partial charge in [0.05, 0.1) is 16.3 Å². The third kappa shape index (κ3) is 3.29. The third-order valence-electron chi connectivity index (χ3n) is 1.71. The molecule has 0 saturated carbocycles. The average Bonchev–Trinajstić information content (AvgIpc) is 2.08. The molecule has 1 aromatic rings. The minimum absolute atomic E-state index is 0.181. The van der Waals surface area contributed by atoms with E-state index in [0.717, 1.165) is 0 Å². The summed E-state index contributed by atoms with van der Waals surface area (Å²) in [5.74, 6) is -0.533. The summed E-state index contributed by atoms with van der Waals surface area (Å²) >= 11 is 11.6. The van der Waals surface area contributed by atoms with Crippen molar-refractivity contribution in [1.82, 2.24) is 0 Å². The summed E-state index contributed by atoms with van der Waals surface area (Å²) in [6.45, 7) is 5.31. The molecular formula is C11H13Cl2NO2. The molecule has 0 aromatic heterocycles. The Kier molecular flexibility index (Phi) is 3.71. The van der Waals surface area contributed by atoms with Crippen LogP contribution in [0.4, 0.5) is 5.69 Å². The van der Waals surface area contributed by atoms with Gasteiger partial charge in [-0.05, 0) is 32.9 Å². The molecule has 0 spiro atoms. The molecule has 0 saturated heterocycles. The first-order valence-corrected chi connectivity index (χ1v) is 5.44. The van der Waals surface area contributed by atoms with Crippen molar-refractivity contribution in [1.29, 1.82) is 0 Å². The third-order valence-corrected chi connectivity index (χ3v) is 2.24. The number of carbonyl (C=O) groups is 1. The monoisotopic (exact) mass is 261 g/mol. The van der Waals surface area contributed by atoms with Crippen LogP contribution in [-0.2, 0) is 4.74 Å². The van der Waals surface area contributed by atoms with Gasteiger partial charge in [0.15, 0.2) is 0 Å². The van der Waals surface area contributed by atoms with Crippen LogP contribution in [0.5, 0.6) is 0 Å². The van der Waals surface area contributed by atoms with Crippen molar-refractivity contribution in [3.8, 4) is 0 Å². The van der Waals surface area contributed by atoms with E-state index in [0.29, 0.717) is 5.02 Å². The summed E-state index contributed by atoms with van der Waals surface area (Å²) in [6.07, 6.45) is 0. The number of hydrogen-bond donors (Lipinski definition) is 1.